The Balaban J connectivity index is 2.76. The lowest BCUT2D eigenvalue weighted by Gasteiger charge is -2.10. The van der Waals surface area contributed by atoms with Crippen molar-refractivity contribution in [3.63, 3.8) is 0 Å². The van der Waals surface area contributed by atoms with Crippen molar-refractivity contribution in [1.29, 1.82) is 0 Å². The molecule has 0 saturated carbocycles. The van der Waals surface area contributed by atoms with Crippen molar-refractivity contribution < 1.29 is 0 Å². The summed E-state index contributed by atoms with van der Waals surface area (Å²) < 4.78 is 3.00. The topological polar surface area (TPSA) is 22.0 Å². The van der Waals surface area contributed by atoms with Gasteiger partial charge in [-0.15, -0.1) is 0 Å². The minimum Gasteiger partial charge on any atom is -0.296 e. The molecule has 2 aromatic rings. The van der Waals surface area contributed by atoms with Gasteiger partial charge in [0.25, 0.3) is 0 Å². The molecule has 1 aromatic heterocycles. The van der Waals surface area contributed by atoms with E-state index >= 15 is 0 Å². The Hall–Kier alpha value is -1.09. The number of hydrogen-bond donors (Lipinski definition) is 0. The lowest BCUT2D eigenvalue weighted by Crippen LogP contribution is -2.16. The van der Waals surface area contributed by atoms with Gasteiger partial charge in [0.1, 0.15) is 0 Å². The van der Waals surface area contributed by atoms with Gasteiger partial charge in [-0.3, -0.25) is 9.36 Å². The number of aryl methyl sites for hydroxylation is 1. The number of rotatable bonds is 2. The first-order chi connectivity index (χ1) is 7.13. The molecule has 0 N–H and O–H groups in total. The van der Waals surface area contributed by atoms with Crippen LogP contribution in [-0.2, 0) is 0 Å². The summed E-state index contributed by atoms with van der Waals surface area (Å²) in [6.07, 6.45) is 0.986. The maximum atomic E-state index is 11.8. The quantitative estimate of drug-likeness (QED) is 0.762. The van der Waals surface area contributed by atoms with E-state index in [0.717, 1.165) is 16.6 Å². The van der Waals surface area contributed by atoms with Crippen LogP contribution in [0.3, 0.4) is 0 Å². The van der Waals surface area contributed by atoms with E-state index in [4.69, 9.17) is 0 Å². The fraction of sp³-hybridized carbons (Fsp3) is 0.417. The summed E-state index contributed by atoms with van der Waals surface area (Å²) in [5.74, 6) is 0. The molecule has 0 spiro atoms. The average molecular weight is 221 g/mol. The molecule has 15 heavy (non-hydrogen) atoms. The van der Waals surface area contributed by atoms with Crippen molar-refractivity contribution in [3.05, 3.63) is 33.4 Å². The molecule has 0 aliphatic carbocycles. The molecule has 0 saturated heterocycles. The van der Waals surface area contributed by atoms with Crippen molar-refractivity contribution in [2.24, 2.45) is 0 Å². The maximum Gasteiger partial charge on any atom is 0.308 e. The van der Waals surface area contributed by atoms with E-state index in [1.165, 1.54) is 16.9 Å². The standard InChI is InChI=1S/C12H15NOS/c1-4-9(3)13-10-7-8(2)5-6-11(10)15-12(13)14/h5-7,9H,4H2,1-3H3. The molecule has 0 aliphatic rings. The number of nitrogens with zero attached hydrogens (tertiary/aromatic N) is 1. The van der Waals surface area contributed by atoms with Gasteiger partial charge in [-0.1, -0.05) is 24.3 Å². The van der Waals surface area contributed by atoms with Crippen molar-refractivity contribution in [2.45, 2.75) is 33.2 Å². The Kier molecular flexibility index (Phi) is 2.65. The fourth-order valence-electron chi connectivity index (χ4n) is 1.74. The summed E-state index contributed by atoms with van der Waals surface area (Å²) in [5, 5.41) is 0. The molecule has 1 unspecified atom stereocenters. The highest BCUT2D eigenvalue weighted by Gasteiger charge is 2.11. The highest BCUT2D eigenvalue weighted by atomic mass is 32.1. The van der Waals surface area contributed by atoms with Crippen LogP contribution in [0.4, 0.5) is 0 Å². The Morgan fingerprint density at radius 2 is 2.20 bits per heavy atom. The summed E-state index contributed by atoms with van der Waals surface area (Å²) >= 11 is 1.34. The molecule has 1 heterocycles. The molecule has 1 atom stereocenters. The number of aromatic nitrogens is 1. The maximum absolute atomic E-state index is 11.8. The Bertz CT molecular complexity index is 538. The minimum absolute atomic E-state index is 0.157. The normalized spacial score (nSPS) is 13.3. The zero-order valence-electron chi connectivity index (χ0n) is 9.28. The van der Waals surface area contributed by atoms with E-state index in [9.17, 15) is 4.79 Å². The van der Waals surface area contributed by atoms with Crippen LogP contribution in [0.5, 0.6) is 0 Å². The number of fused-ring (bicyclic) bond motifs is 1. The van der Waals surface area contributed by atoms with Crippen LogP contribution < -0.4 is 4.87 Å². The van der Waals surface area contributed by atoms with E-state index in [0.29, 0.717) is 0 Å². The third-order valence-electron chi connectivity index (χ3n) is 2.80. The second-order valence-corrected chi connectivity index (χ2v) is 4.96. The summed E-state index contributed by atoms with van der Waals surface area (Å²) in [7, 11) is 0. The first-order valence-corrected chi connectivity index (χ1v) is 6.07. The third kappa shape index (κ3) is 1.72. The van der Waals surface area contributed by atoms with Gasteiger partial charge in [0.05, 0.1) is 10.2 Å². The lowest BCUT2D eigenvalue weighted by molar-refractivity contribution is 0.539. The smallest absolute Gasteiger partial charge is 0.296 e. The minimum atomic E-state index is 0.157. The lowest BCUT2D eigenvalue weighted by atomic mass is 10.2. The van der Waals surface area contributed by atoms with Crippen LogP contribution in [0, 0.1) is 6.92 Å². The first kappa shape index (κ1) is 10.4. The predicted octanol–water partition coefficient (Wildman–Crippen LogP) is 3.34. The number of hydrogen-bond acceptors (Lipinski definition) is 2. The molecule has 80 valence electrons. The van der Waals surface area contributed by atoms with Gasteiger partial charge in [-0.05, 0) is 38.0 Å². The van der Waals surface area contributed by atoms with E-state index in [2.05, 4.69) is 32.9 Å². The zero-order chi connectivity index (χ0) is 11.0. The van der Waals surface area contributed by atoms with Gasteiger partial charge in [-0.25, -0.2) is 0 Å². The Morgan fingerprint density at radius 3 is 2.87 bits per heavy atom. The largest absolute Gasteiger partial charge is 0.308 e. The van der Waals surface area contributed by atoms with Crippen LogP contribution in [0.25, 0.3) is 10.2 Å². The van der Waals surface area contributed by atoms with Gasteiger partial charge < -0.3 is 0 Å². The Labute approximate surface area is 93.2 Å². The highest BCUT2D eigenvalue weighted by Crippen LogP contribution is 2.22. The molecular weight excluding hydrogens is 206 g/mol. The SMILES string of the molecule is CCC(C)n1c(=O)sc2ccc(C)cc21. The van der Waals surface area contributed by atoms with Gasteiger partial charge in [0, 0.05) is 6.04 Å². The molecule has 1 aromatic carbocycles. The van der Waals surface area contributed by atoms with E-state index in [-0.39, 0.29) is 10.9 Å². The van der Waals surface area contributed by atoms with Crippen LogP contribution in [0.1, 0.15) is 31.9 Å². The molecule has 0 bridgehead atoms. The van der Waals surface area contributed by atoms with E-state index in [1.54, 1.807) is 0 Å². The van der Waals surface area contributed by atoms with Crippen molar-refractivity contribution in [2.75, 3.05) is 0 Å². The highest BCUT2D eigenvalue weighted by molar-refractivity contribution is 7.16. The second-order valence-electron chi connectivity index (χ2n) is 3.97. The second kappa shape index (κ2) is 3.81. The molecule has 0 fully saturated rings. The molecule has 2 nitrogen and oxygen atoms in total. The van der Waals surface area contributed by atoms with Crippen LogP contribution in [0.2, 0.25) is 0 Å². The van der Waals surface area contributed by atoms with Gasteiger partial charge in [-0.2, -0.15) is 0 Å². The average Bonchev–Trinajstić information content (AvgIpc) is 2.52. The van der Waals surface area contributed by atoms with Gasteiger partial charge in [0.2, 0.25) is 0 Å². The van der Waals surface area contributed by atoms with E-state index < -0.39 is 0 Å². The number of thiazole rings is 1. The summed E-state index contributed by atoms with van der Waals surface area (Å²) in [4.78, 5) is 12.0. The van der Waals surface area contributed by atoms with Gasteiger partial charge >= 0.3 is 4.87 Å². The van der Waals surface area contributed by atoms with Crippen LogP contribution in [0.15, 0.2) is 23.0 Å². The van der Waals surface area contributed by atoms with Gasteiger partial charge in [0.15, 0.2) is 0 Å². The zero-order valence-corrected chi connectivity index (χ0v) is 10.1. The molecule has 3 heteroatoms. The number of benzene rings is 1. The van der Waals surface area contributed by atoms with Crippen molar-refractivity contribution >= 4 is 21.6 Å². The Morgan fingerprint density at radius 1 is 1.47 bits per heavy atom. The summed E-state index contributed by atoms with van der Waals surface area (Å²) in [5.41, 5.74) is 2.29. The fourth-order valence-corrected chi connectivity index (χ4v) is 2.71. The first-order valence-electron chi connectivity index (χ1n) is 5.25. The molecular formula is C12H15NOS. The molecule has 0 aliphatic heterocycles. The van der Waals surface area contributed by atoms with Crippen molar-refractivity contribution in [3.8, 4) is 0 Å². The third-order valence-corrected chi connectivity index (χ3v) is 3.74. The molecule has 2 rings (SSSR count). The summed E-state index contributed by atoms with van der Waals surface area (Å²) in [6.45, 7) is 6.26. The van der Waals surface area contributed by atoms with E-state index in [1.807, 2.05) is 10.6 Å². The van der Waals surface area contributed by atoms with Crippen LogP contribution in [-0.4, -0.2) is 4.57 Å². The van der Waals surface area contributed by atoms with Crippen molar-refractivity contribution in [1.82, 2.24) is 4.57 Å². The predicted molar refractivity (Wildman–Crippen MR) is 65.8 cm³/mol. The monoisotopic (exact) mass is 221 g/mol. The van der Waals surface area contributed by atoms with Crippen LogP contribution >= 0.6 is 11.3 Å². The summed E-state index contributed by atoms with van der Waals surface area (Å²) in [6, 6.07) is 6.47. The molecule has 0 amide bonds. The molecule has 0 radical (unpaired) electrons.